The Balaban J connectivity index is 2.48. The van der Waals surface area contributed by atoms with Crippen LogP contribution >= 0.6 is 0 Å². The Morgan fingerprint density at radius 3 is 2.35 bits per heavy atom. The summed E-state index contributed by atoms with van der Waals surface area (Å²) in [6, 6.07) is 4.68. The zero-order valence-corrected chi connectivity index (χ0v) is 10.2. The number of hydrogen-bond acceptors (Lipinski definition) is 3. The molecule has 0 unspecified atom stereocenters. The van der Waals surface area contributed by atoms with Crippen LogP contribution in [0.2, 0.25) is 0 Å². The maximum atomic E-state index is 12.6. The molecule has 17 heavy (non-hydrogen) atoms. The molecule has 4 nitrogen and oxygen atoms in total. The van der Waals surface area contributed by atoms with Crippen LogP contribution in [0.5, 0.6) is 0 Å². The third-order valence-electron chi connectivity index (χ3n) is 2.25. The van der Waals surface area contributed by atoms with Crippen molar-refractivity contribution in [1.29, 1.82) is 0 Å². The Kier molecular flexibility index (Phi) is 5.54. The summed E-state index contributed by atoms with van der Waals surface area (Å²) >= 11 is 0. The molecule has 0 aliphatic carbocycles. The molecule has 0 aliphatic heterocycles. The highest BCUT2D eigenvalue weighted by Gasteiger charge is 2.12. The molecule has 96 valence electrons. The topological polar surface area (TPSA) is 66.4 Å². The lowest BCUT2D eigenvalue weighted by atomic mass is 10.2. The van der Waals surface area contributed by atoms with Gasteiger partial charge < -0.3 is 5.11 Å². The molecular formula is C11H16FNO3S. The fraction of sp³-hybridized carbons (Fsp3) is 0.455. The number of sulfonamides is 1. The van der Waals surface area contributed by atoms with Gasteiger partial charge in [0, 0.05) is 13.2 Å². The van der Waals surface area contributed by atoms with Crippen molar-refractivity contribution in [3.63, 3.8) is 0 Å². The molecule has 0 saturated heterocycles. The molecule has 0 aromatic heterocycles. The fourth-order valence-corrected chi connectivity index (χ4v) is 2.39. The van der Waals surface area contributed by atoms with Gasteiger partial charge in [-0.1, -0.05) is 0 Å². The van der Waals surface area contributed by atoms with Crippen LogP contribution in [0.15, 0.2) is 29.2 Å². The second kappa shape index (κ2) is 6.68. The molecule has 1 rings (SSSR count). The normalized spacial score (nSPS) is 11.6. The van der Waals surface area contributed by atoms with Crippen molar-refractivity contribution in [3.8, 4) is 0 Å². The maximum absolute atomic E-state index is 12.6. The molecule has 0 aliphatic rings. The zero-order valence-electron chi connectivity index (χ0n) is 9.39. The van der Waals surface area contributed by atoms with Gasteiger partial charge >= 0.3 is 0 Å². The van der Waals surface area contributed by atoms with Crippen LogP contribution in [-0.4, -0.2) is 26.7 Å². The summed E-state index contributed by atoms with van der Waals surface area (Å²) in [5.41, 5.74) is 0. The standard InChI is InChI=1S/C11H16FNO3S/c12-10-4-6-11(7-5-10)17(15,16)13-8-2-1-3-9-14/h4-7,13-14H,1-3,8-9H2. The molecule has 0 amide bonds. The van der Waals surface area contributed by atoms with E-state index < -0.39 is 15.8 Å². The first-order valence-corrected chi connectivity index (χ1v) is 6.90. The van der Waals surface area contributed by atoms with Gasteiger partial charge in [0.25, 0.3) is 0 Å². The highest BCUT2D eigenvalue weighted by atomic mass is 32.2. The van der Waals surface area contributed by atoms with E-state index in [0.717, 1.165) is 18.6 Å². The zero-order chi connectivity index (χ0) is 12.7. The first-order valence-electron chi connectivity index (χ1n) is 5.42. The summed E-state index contributed by atoms with van der Waals surface area (Å²) < 4.78 is 38.4. The van der Waals surface area contributed by atoms with Crippen molar-refractivity contribution in [2.24, 2.45) is 0 Å². The lowest BCUT2D eigenvalue weighted by Crippen LogP contribution is -2.24. The Labute approximate surface area is 101 Å². The highest BCUT2D eigenvalue weighted by molar-refractivity contribution is 7.89. The van der Waals surface area contributed by atoms with Crippen molar-refractivity contribution in [2.75, 3.05) is 13.2 Å². The predicted octanol–water partition coefficient (Wildman–Crippen LogP) is 1.27. The smallest absolute Gasteiger partial charge is 0.240 e. The van der Waals surface area contributed by atoms with Crippen LogP contribution in [0.1, 0.15) is 19.3 Å². The van der Waals surface area contributed by atoms with E-state index in [4.69, 9.17) is 5.11 Å². The van der Waals surface area contributed by atoms with Gasteiger partial charge in [-0.15, -0.1) is 0 Å². The Bertz CT molecular complexity index is 431. The SMILES string of the molecule is O=S(=O)(NCCCCCO)c1ccc(F)cc1. The van der Waals surface area contributed by atoms with E-state index in [0.29, 0.717) is 19.4 Å². The molecule has 0 bridgehead atoms. The molecule has 1 aromatic rings. The Morgan fingerprint density at radius 2 is 1.76 bits per heavy atom. The molecule has 1 aromatic carbocycles. The van der Waals surface area contributed by atoms with E-state index >= 15 is 0 Å². The quantitative estimate of drug-likeness (QED) is 0.726. The monoisotopic (exact) mass is 261 g/mol. The van der Waals surface area contributed by atoms with E-state index in [1.54, 1.807) is 0 Å². The van der Waals surface area contributed by atoms with E-state index in [1.807, 2.05) is 0 Å². The number of nitrogens with one attached hydrogen (secondary N) is 1. The van der Waals surface area contributed by atoms with Crippen molar-refractivity contribution in [1.82, 2.24) is 4.72 Å². The van der Waals surface area contributed by atoms with Gasteiger partial charge in [-0.25, -0.2) is 17.5 Å². The van der Waals surface area contributed by atoms with Gasteiger partial charge in [-0.2, -0.15) is 0 Å². The number of aliphatic hydroxyl groups is 1. The molecule has 6 heteroatoms. The fourth-order valence-electron chi connectivity index (χ4n) is 1.32. The van der Waals surface area contributed by atoms with Gasteiger partial charge in [0.05, 0.1) is 4.90 Å². The predicted molar refractivity (Wildman–Crippen MR) is 62.5 cm³/mol. The lowest BCUT2D eigenvalue weighted by molar-refractivity contribution is 0.283. The van der Waals surface area contributed by atoms with E-state index in [1.165, 1.54) is 12.1 Å². The Morgan fingerprint density at radius 1 is 1.12 bits per heavy atom. The number of rotatable bonds is 7. The van der Waals surface area contributed by atoms with Crippen LogP contribution in [-0.2, 0) is 10.0 Å². The highest BCUT2D eigenvalue weighted by Crippen LogP contribution is 2.09. The van der Waals surface area contributed by atoms with Gasteiger partial charge in [-0.3, -0.25) is 0 Å². The number of halogens is 1. The summed E-state index contributed by atoms with van der Waals surface area (Å²) in [5.74, 6) is -0.466. The molecular weight excluding hydrogens is 245 g/mol. The van der Waals surface area contributed by atoms with Crippen LogP contribution < -0.4 is 4.72 Å². The molecule has 0 heterocycles. The van der Waals surface area contributed by atoms with Crippen molar-refractivity contribution in [3.05, 3.63) is 30.1 Å². The summed E-state index contributed by atoms with van der Waals surface area (Å²) in [6.07, 6.45) is 2.10. The van der Waals surface area contributed by atoms with Gasteiger partial charge in [0.2, 0.25) is 10.0 Å². The second-order valence-corrected chi connectivity index (χ2v) is 5.40. The third kappa shape index (κ3) is 4.80. The van der Waals surface area contributed by atoms with E-state index in [9.17, 15) is 12.8 Å². The Hall–Kier alpha value is -0.980. The van der Waals surface area contributed by atoms with Crippen LogP contribution in [0.3, 0.4) is 0 Å². The number of unbranched alkanes of at least 4 members (excludes halogenated alkanes) is 2. The number of hydrogen-bond donors (Lipinski definition) is 2. The minimum atomic E-state index is -3.54. The van der Waals surface area contributed by atoms with Crippen LogP contribution in [0.25, 0.3) is 0 Å². The minimum absolute atomic E-state index is 0.0565. The van der Waals surface area contributed by atoms with Gasteiger partial charge in [-0.05, 0) is 43.5 Å². The van der Waals surface area contributed by atoms with E-state index in [2.05, 4.69) is 4.72 Å². The number of aliphatic hydroxyl groups excluding tert-OH is 1. The molecule has 0 radical (unpaired) electrons. The summed E-state index contributed by atoms with van der Waals surface area (Å²) in [4.78, 5) is 0.0565. The summed E-state index contributed by atoms with van der Waals surface area (Å²) in [6.45, 7) is 0.435. The molecule has 0 fully saturated rings. The lowest BCUT2D eigenvalue weighted by Gasteiger charge is -2.06. The third-order valence-corrected chi connectivity index (χ3v) is 3.73. The average Bonchev–Trinajstić information content (AvgIpc) is 2.29. The van der Waals surface area contributed by atoms with Crippen LogP contribution in [0.4, 0.5) is 4.39 Å². The minimum Gasteiger partial charge on any atom is -0.396 e. The molecule has 0 spiro atoms. The van der Waals surface area contributed by atoms with Gasteiger partial charge in [0.1, 0.15) is 5.82 Å². The molecule has 0 atom stereocenters. The van der Waals surface area contributed by atoms with Crippen molar-refractivity contribution in [2.45, 2.75) is 24.2 Å². The first kappa shape index (κ1) is 14.1. The average molecular weight is 261 g/mol. The second-order valence-electron chi connectivity index (χ2n) is 3.64. The molecule has 0 saturated carbocycles. The maximum Gasteiger partial charge on any atom is 0.240 e. The summed E-state index contributed by atoms with van der Waals surface area (Å²) in [5, 5.41) is 8.56. The first-order chi connectivity index (χ1) is 8.06. The van der Waals surface area contributed by atoms with Crippen LogP contribution in [0, 0.1) is 5.82 Å². The largest absolute Gasteiger partial charge is 0.396 e. The molecule has 2 N–H and O–H groups in total. The summed E-state index contributed by atoms with van der Waals surface area (Å²) in [7, 11) is -3.54. The number of benzene rings is 1. The van der Waals surface area contributed by atoms with Crippen molar-refractivity contribution < 1.29 is 17.9 Å². The van der Waals surface area contributed by atoms with E-state index in [-0.39, 0.29) is 11.5 Å². The van der Waals surface area contributed by atoms with Gasteiger partial charge in [0.15, 0.2) is 0 Å². The van der Waals surface area contributed by atoms with Crippen molar-refractivity contribution >= 4 is 10.0 Å².